The van der Waals surface area contributed by atoms with Crippen LogP contribution in [0, 0.1) is 0 Å². The Kier molecular flexibility index (Phi) is 4.79. The maximum absolute atomic E-state index is 5.84. The van der Waals surface area contributed by atoms with Crippen LogP contribution in [-0.2, 0) is 13.0 Å². The van der Waals surface area contributed by atoms with Crippen LogP contribution in [0.15, 0.2) is 53.0 Å². The van der Waals surface area contributed by atoms with Crippen LogP contribution in [0.4, 0.5) is 0 Å². The Labute approximate surface area is 116 Å². The number of halogens is 1. The van der Waals surface area contributed by atoms with Crippen molar-refractivity contribution in [2.45, 2.75) is 13.0 Å². The van der Waals surface area contributed by atoms with Crippen molar-refractivity contribution in [2.75, 3.05) is 6.54 Å². The van der Waals surface area contributed by atoms with Crippen molar-refractivity contribution in [3.8, 4) is 5.75 Å². The smallest absolute Gasteiger partial charge is 0.123 e. The third-order valence-electron chi connectivity index (χ3n) is 2.69. The topological polar surface area (TPSA) is 35.2 Å². The second-order valence-corrected chi connectivity index (χ2v) is 4.98. The highest BCUT2D eigenvalue weighted by molar-refractivity contribution is 9.10. The number of nitrogens with two attached hydrogens (primary N) is 1. The van der Waals surface area contributed by atoms with Crippen molar-refractivity contribution in [1.29, 1.82) is 0 Å². The molecule has 0 atom stereocenters. The second-order valence-electron chi connectivity index (χ2n) is 4.06. The Morgan fingerprint density at radius 2 is 1.72 bits per heavy atom. The second kappa shape index (κ2) is 6.57. The molecule has 94 valence electrons. The minimum Gasteiger partial charge on any atom is -0.489 e. The molecule has 0 spiro atoms. The van der Waals surface area contributed by atoms with Crippen molar-refractivity contribution in [3.05, 3.63) is 64.1 Å². The third-order valence-corrected chi connectivity index (χ3v) is 3.22. The number of hydrogen-bond donors (Lipinski definition) is 1. The van der Waals surface area contributed by atoms with Gasteiger partial charge in [0.2, 0.25) is 0 Å². The molecule has 18 heavy (non-hydrogen) atoms. The van der Waals surface area contributed by atoms with Crippen molar-refractivity contribution in [1.82, 2.24) is 0 Å². The Hall–Kier alpha value is -1.32. The lowest BCUT2D eigenvalue weighted by atomic mass is 10.1. The molecule has 2 rings (SSSR count). The predicted molar refractivity (Wildman–Crippen MR) is 77.7 cm³/mol. The molecule has 0 fully saturated rings. The number of ether oxygens (including phenoxy) is 1. The summed E-state index contributed by atoms with van der Waals surface area (Å²) in [5.41, 5.74) is 7.91. The van der Waals surface area contributed by atoms with Crippen LogP contribution in [0.2, 0.25) is 0 Å². The zero-order valence-corrected chi connectivity index (χ0v) is 11.7. The summed E-state index contributed by atoms with van der Waals surface area (Å²) in [5.74, 6) is 0.922. The number of para-hydroxylation sites is 1. The Morgan fingerprint density at radius 1 is 1.00 bits per heavy atom. The summed E-state index contributed by atoms with van der Waals surface area (Å²) in [4.78, 5) is 0. The van der Waals surface area contributed by atoms with Crippen LogP contribution < -0.4 is 10.5 Å². The summed E-state index contributed by atoms with van der Waals surface area (Å²) in [6.45, 7) is 1.22. The first kappa shape index (κ1) is 13.1. The fraction of sp³-hybridized carbons (Fsp3) is 0.200. The molecular formula is C15H16BrNO. The number of benzene rings is 2. The van der Waals surface area contributed by atoms with Gasteiger partial charge in [-0.25, -0.2) is 0 Å². The predicted octanol–water partition coefficient (Wildman–Crippen LogP) is 3.53. The van der Waals surface area contributed by atoms with Crippen LogP contribution in [0.3, 0.4) is 0 Å². The van der Waals surface area contributed by atoms with Gasteiger partial charge in [-0.1, -0.05) is 46.3 Å². The molecule has 0 radical (unpaired) electrons. The largest absolute Gasteiger partial charge is 0.489 e. The average Bonchev–Trinajstić information content (AvgIpc) is 2.40. The van der Waals surface area contributed by atoms with Gasteiger partial charge in [-0.05, 0) is 42.3 Å². The maximum atomic E-state index is 5.84. The van der Waals surface area contributed by atoms with E-state index in [9.17, 15) is 0 Å². The first-order chi connectivity index (χ1) is 8.79. The molecule has 0 aliphatic carbocycles. The lowest BCUT2D eigenvalue weighted by molar-refractivity contribution is 0.303. The molecular weight excluding hydrogens is 290 g/mol. The van der Waals surface area contributed by atoms with Crippen molar-refractivity contribution in [2.24, 2.45) is 5.73 Å². The fourth-order valence-electron chi connectivity index (χ4n) is 1.75. The number of hydrogen-bond acceptors (Lipinski definition) is 2. The van der Waals surface area contributed by atoms with E-state index in [4.69, 9.17) is 10.5 Å². The van der Waals surface area contributed by atoms with Crippen LogP contribution in [-0.4, -0.2) is 6.54 Å². The molecule has 0 aromatic heterocycles. The third kappa shape index (κ3) is 3.59. The molecule has 0 amide bonds. The van der Waals surface area contributed by atoms with Gasteiger partial charge < -0.3 is 10.5 Å². The van der Waals surface area contributed by atoms with E-state index in [2.05, 4.69) is 34.1 Å². The summed E-state index contributed by atoms with van der Waals surface area (Å²) < 4.78 is 6.92. The van der Waals surface area contributed by atoms with Crippen LogP contribution in [0.5, 0.6) is 5.75 Å². The minimum atomic E-state index is 0.578. The molecule has 2 aromatic carbocycles. The summed E-state index contributed by atoms with van der Waals surface area (Å²) in [6, 6.07) is 16.2. The maximum Gasteiger partial charge on any atom is 0.123 e. The SMILES string of the molecule is NCCc1ccccc1OCc1ccc(Br)cc1. The summed E-state index contributed by atoms with van der Waals surface area (Å²) in [5, 5.41) is 0. The fourth-order valence-corrected chi connectivity index (χ4v) is 2.01. The lowest BCUT2D eigenvalue weighted by Crippen LogP contribution is -2.05. The van der Waals surface area contributed by atoms with E-state index >= 15 is 0 Å². The van der Waals surface area contributed by atoms with Gasteiger partial charge in [0, 0.05) is 4.47 Å². The van der Waals surface area contributed by atoms with Crippen LogP contribution in [0.25, 0.3) is 0 Å². The normalized spacial score (nSPS) is 10.3. The van der Waals surface area contributed by atoms with Gasteiger partial charge in [0.25, 0.3) is 0 Å². The van der Waals surface area contributed by atoms with Gasteiger partial charge in [-0.2, -0.15) is 0 Å². The molecule has 2 N–H and O–H groups in total. The van der Waals surface area contributed by atoms with Crippen LogP contribution >= 0.6 is 15.9 Å². The Bertz CT molecular complexity index is 496. The van der Waals surface area contributed by atoms with E-state index in [1.807, 2.05) is 30.3 Å². The molecule has 3 heteroatoms. The number of rotatable bonds is 5. The quantitative estimate of drug-likeness (QED) is 0.917. The van der Waals surface area contributed by atoms with Gasteiger partial charge in [0.05, 0.1) is 0 Å². The minimum absolute atomic E-state index is 0.578. The van der Waals surface area contributed by atoms with Gasteiger partial charge >= 0.3 is 0 Å². The highest BCUT2D eigenvalue weighted by Crippen LogP contribution is 2.20. The Morgan fingerprint density at radius 3 is 2.44 bits per heavy atom. The standard InChI is InChI=1S/C15H16BrNO/c16-14-7-5-12(6-8-14)11-18-15-4-2-1-3-13(15)9-10-17/h1-8H,9-11,17H2. The monoisotopic (exact) mass is 305 g/mol. The molecule has 0 bridgehead atoms. The highest BCUT2D eigenvalue weighted by Gasteiger charge is 2.02. The van der Waals surface area contributed by atoms with E-state index in [0.717, 1.165) is 27.8 Å². The summed E-state index contributed by atoms with van der Waals surface area (Å²) in [7, 11) is 0. The molecule has 0 aliphatic rings. The molecule has 2 nitrogen and oxygen atoms in total. The van der Waals surface area contributed by atoms with Gasteiger partial charge in [-0.3, -0.25) is 0 Å². The van der Waals surface area contributed by atoms with Gasteiger partial charge in [0.1, 0.15) is 12.4 Å². The molecule has 0 unspecified atom stereocenters. The molecule has 0 aliphatic heterocycles. The van der Waals surface area contributed by atoms with Crippen molar-refractivity contribution >= 4 is 15.9 Å². The first-order valence-electron chi connectivity index (χ1n) is 5.95. The Balaban J connectivity index is 2.03. The van der Waals surface area contributed by atoms with Gasteiger partial charge in [0.15, 0.2) is 0 Å². The first-order valence-corrected chi connectivity index (χ1v) is 6.74. The van der Waals surface area contributed by atoms with E-state index in [1.54, 1.807) is 0 Å². The highest BCUT2D eigenvalue weighted by atomic mass is 79.9. The molecule has 0 saturated carbocycles. The summed E-state index contributed by atoms with van der Waals surface area (Å²) in [6.07, 6.45) is 0.844. The van der Waals surface area contributed by atoms with Crippen molar-refractivity contribution in [3.63, 3.8) is 0 Å². The van der Waals surface area contributed by atoms with E-state index in [1.165, 1.54) is 0 Å². The zero-order valence-electron chi connectivity index (χ0n) is 10.1. The lowest BCUT2D eigenvalue weighted by Gasteiger charge is -2.11. The molecule has 0 heterocycles. The van der Waals surface area contributed by atoms with E-state index < -0.39 is 0 Å². The summed E-state index contributed by atoms with van der Waals surface area (Å²) >= 11 is 3.42. The van der Waals surface area contributed by atoms with Gasteiger partial charge in [-0.15, -0.1) is 0 Å². The van der Waals surface area contributed by atoms with Crippen molar-refractivity contribution < 1.29 is 4.74 Å². The molecule has 0 saturated heterocycles. The molecule has 2 aromatic rings. The van der Waals surface area contributed by atoms with Crippen LogP contribution in [0.1, 0.15) is 11.1 Å². The zero-order chi connectivity index (χ0) is 12.8. The average molecular weight is 306 g/mol. The van der Waals surface area contributed by atoms with E-state index in [0.29, 0.717) is 13.2 Å². The van der Waals surface area contributed by atoms with E-state index in [-0.39, 0.29) is 0 Å².